The van der Waals surface area contributed by atoms with Gasteiger partial charge in [-0.1, -0.05) is 80.6 Å². The largest absolute Gasteiger partial charge is 0.133 e. The van der Waals surface area contributed by atoms with Crippen LogP contribution in [0.4, 0.5) is 0 Å². The summed E-state index contributed by atoms with van der Waals surface area (Å²) in [5.74, 6) is 0.531. The van der Waals surface area contributed by atoms with Crippen molar-refractivity contribution in [1.82, 2.24) is 0 Å². The molecule has 0 aliphatic carbocycles. The summed E-state index contributed by atoms with van der Waals surface area (Å²) < 4.78 is 0. The second-order valence-corrected chi connectivity index (χ2v) is 10.4. The van der Waals surface area contributed by atoms with Gasteiger partial charge in [0.05, 0.1) is 0 Å². The summed E-state index contributed by atoms with van der Waals surface area (Å²) in [7, 11) is -1.55. The molecule has 0 aliphatic rings. The second kappa shape index (κ2) is 8.08. The summed E-state index contributed by atoms with van der Waals surface area (Å²) in [5.41, 5.74) is 1.38. The van der Waals surface area contributed by atoms with Crippen molar-refractivity contribution in [2.75, 3.05) is 0 Å². The maximum atomic E-state index is 2.34. The highest BCUT2D eigenvalue weighted by atomic mass is 32.3. The van der Waals surface area contributed by atoms with Crippen molar-refractivity contribution < 1.29 is 0 Å². The van der Waals surface area contributed by atoms with E-state index in [1.54, 1.807) is 0 Å². The molecule has 140 valence electrons. The number of hydrogen-bond donors (Lipinski definition) is 0. The van der Waals surface area contributed by atoms with E-state index in [9.17, 15) is 0 Å². The molecule has 0 bridgehead atoms. The van der Waals surface area contributed by atoms with E-state index in [2.05, 4.69) is 129 Å². The average Bonchev–Trinajstić information content (AvgIpc) is 2.77. The molecule has 0 aromatic heterocycles. The minimum absolute atomic E-state index is 0.531. The third-order valence-corrected chi connectivity index (χ3v) is 9.11. The minimum atomic E-state index is -1.55. The third-order valence-electron chi connectivity index (χ3n) is 5.19. The van der Waals surface area contributed by atoms with E-state index in [1.165, 1.54) is 25.1 Å². The molecule has 0 saturated carbocycles. The Morgan fingerprint density at radius 3 is 1.07 bits per heavy atom. The monoisotopic (exact) mass is 382 g/mol. The third kappa shape index (κ3) is 3.27. The van der Waals surface area contributed by atoms with E-state index < -0.39 is 10.0 Å². The molecule has 4 aromatic carbocycles. The van der Waals surface area contributed by atoms with Gasteiger partial charge in [-0.2, -0.15) is 0 Å². The molecule has 0 aliphatic heterocycles. The molecule has 0 unspecified atom stereocenters. The van der Waals surface area contributed by atoms with Gasteiger partial charge >= 0.3 is 0 Å². The van der Waals surface area contributed by atoms with Crippen LogP contribution in [0.15, 0.2) is 135 Å². The highest BCUT2D eigenvalue weighted by Gasteiger charge is 2.32. The Balaban J connectivity index is 2.07. The van der Waals surface area contributed by atoms with Crippen LogP contribution < -0.4 is 0 Å². The maximum absolute atomic E-state index is 2.34. The Labute approximate surface area is 170 Å². The zero-order valence-electron chi connectivity index (χ0n) is 16.5. The molecule has 4 rings (SSSR count). The summed E-state index contributed by atoms with van der Waals surface area (Å²) in [6.07, 6.45) is 0. The van der Waals surface area contributed by atoms with Gasteiger partial charge in [0.15, 0.2) is 0 Å². The molecule has 0 heterocycles. The molecule has 0 radical (unpaired) electrons. The lowest BCUT2D eigenvalue weighted by atomic mass is 10.0. The fourth-order valence-corrected chi connectivity index (χ4v) is 7.62. The van der Waals surface area contributed by atoms with E-state index >= 15 is 0 Å². The van der Waals surface area contributed by atoms with Crippen LogP contribution in [0, 0.1) is 0 Å². The Morgan fingerprint density at radius 1 is 0.429 bits per heavy atom. The zero-order chi connectivity index (χ0) is 19.4. The molecule has 4 aromatic rings. The summed E-state index contributed by atoms with van der Waals surface area (Å²) in [6, 6.07) is 42.3. The first kappa shape index (κ1) is 18.6. The molecule has 0 fully saturated rings. The van der Waals surface area contributed by atoms with Gasteiger partial charge in [0.25, 0.3) is 0 Å². The fraction of sp³-hybridized carbons (Fsp3) is 0.111. The standard InChI is InChI=1S/C27H26S/c1-22(2)23-18-20-27(21-19-23)28(24-12-6-3-7-13-24,25-14-8-4-9-15-25)26-16-10-5-11-17-26/h3-22H,1-2H3. The first-order chi connectivity index (χ1) is 13.7. The molecule has 0 saturated heterocycles. The molecular formula is C27H26S. The van der Waals surface area contributed by atoms with Crippen LogP contribution in [0.25, 0.3) is 0 Å². The van der Waals surface area contributed by atoms with Gasteiger partial charge < -0.3 is 0 Å². The second-order valence-electron chi connectivity index (χ2n) is 7.28. The smallest absolute Gasteiger partial charge is 0.00231 e. The van der Waals surface area contributed by atoms with Crippen LogP contribution in [0.3, 0.4) is 0 Å². The quantitative estimate of drug-likeness (QED) is 0.327. The van der Waals surface area contributed by atoms with E-state index in [1.807, 2.05) is 0 Å². The van der Waals surface area contributed by atoms with Gasteiger partial charge in [0.1, 0.15) is 0 Å². The topological polar surface area (TPSA) is 0 Å². The Morgan fingerprint density at radius 2 is 0.750 bits per heavy atom. The lowest BCUT2D eigenvalue weighted by molar-refractivity contribution is 0.864. The first-order valence-electron chi connectivity index (χ1n) is 9.81. The number of rotatable bonds is 5. The van der Waals surface area contributed by atoms with Crippen molar-refractivity contribution in [3.05, 3.63) is 121 Å². The van der Waals surface area contributed by atoms with Crippen molar-refractivity contribution in [1.29, 1.82) is 0 Å². The SMILES string of the molecule is CC(C)c1ccc(S(c2ccccc2)(c2ccccc2)c2ccccc2)cc1. The van der Waals surface area contributed by atoms with Crippen molar-refractivity contribution in [2.45, 2.75) is 39.3 Å². The van der Waals surface area contributed by atoms with Crippen LogP contribution in [0.5, 0.6) is 0 Å². The zero-order valence-corrected chi connectivity index (χ0v) is 17.3. The van der Waals surface area contributed by atoms with Gasteiger partial charge in [-0.05, 0) is 60.0 Å². The summed E-state index contributed by atoms with van der Waals surface area (Å²) in [5, 5.41) is 0. The molecule has 0 N–H and O–H groups in total. The van der Waals surface area contributed by atoms with Gasteiger partial charge in [-0.15, -0.1) is 10.0 Å². The van der Waals surface area contributed by atoms with E-state index in [4.69, 9.17) is 0 Å². The first-order valence-corrected chi connectivity index (χ1v) is 11.4. The van der Waals surface area contributed by atoms with Crippen LogP contribution in [0.1, 0.15) is 25.3 Å². The number of benzene rings is 4. The Bertz CT molecular complexity index is 907. The lowest BCUT2D eigenvalue weighted by Gasteiger charge is -2.42. The van der Waals surface area contributed by atoms with Gasteiger partial charge in [0, 0.05) is 19.6 Å². The Hall–Kier alpha value is -2.77. The van der Waals surface area contributed by atoms with E-state index in [0.29, 0.717) is 5.92 Å². The van der Waals surface area contributed by atoms with E-state index in [0.717, 1.165) is 0 Å². The van der Waals surface area contributed by atoms with Crippen LogP contribution in [-0.2, 0) is 0 Å². The molecule has 0 nitrogen and oxygen atoms in total. The van der Waals surface area contributed by atoms with Gasteiger partial charge in [-0.3, -0.25) is 0 Å². The minimum Gasteiger partial charge on any atom is -0.133 e. The van der Waals surface area contributed by atoms with Crippen LogP contribution in [0.2, 0.25) is 0 Å². The van der Waals surface area contributed by atoms with Gasteiger partial charge in [-0.25, -0.2) is 0 Å². The highest BCUT2D eigenvalue weighted by molar-refractivity contribution is 8.34. The molecule has 0 amide bonds. The summed E-state index contributed by atoms with van der Waals surface area (Å²) in [6.45, 7) is 4.50. The van der Waals surface area contributed by atoms with Crippen LogP contribution >= 0.6 is 10.0 Å². The normalized spacial score (nSPS) is 12.1. The summed E-state index contributed by atoms with van der Waals surface area (Å²) >= 11 is 0. The number of hydrogen-bond acceptors (Lipinski definition) is 0. The maximum Gasteiger partial charge on any atom is 0.00231 e. The molecule has 0 atom stereocenters. The van der Waals surface area contributed by atoms with Crippen molar-refractivity contribution >= 4 is 10.0 Å². The Kier molecular flexibility index (Phi) is 5.36. The highest BCUT2D eigenvalue weighted by Crippen LogP contribution is 2.73. The molecule has 0 spiro atoms. The van der Waals surface area contributed by atoms with Crippen molar-refractivity contribution in [3.63, 3.8) is 0 Å². The predicted molar refractivity (Wildman–Crippen MR) is 121 cm³/mol. The van der Waals surface area contributed by atoms with Crippen molar-refractivity contribution in [2.24, 2.45) is 0 Å². The molecular weight excluding hydrogens is 356 g/mol. The van der Waals surface area contributed by atoms with Gasteiger partial charge in [0.2, 0.25) is 0 Å². The lowest BCUT2D eigenvalue weighted by Crippen LogP contribution is -2.05. The van der Waals surface area contributed by atoms with Crippen molar-refractivity contribution in [3.8, 4) is 0 Å². The molecule has 28 heavy (non-hydrogen) atoms. The van der Waals surface area contributed by atoms with Crippen LogP contribution in [-0.4, -0.2) is 0 Å². The predicted octanol–water partition coefficient (Wildman–Crippen LogP) is 8.15. The fourth-order valence-electron chi connectivity index (χ4n) is 3.75. The average molecular weight is 383 g/mol. The summed E-state index contributed by atoms with van der Waals surface area (Å²) in [4.78, 5) is 5.47. The molecule has 1 heteroatoms. The van der Waals surface area contributed by atoms with E-state index in [-0.39, 0.29) is 0 Å².